The smallest absolute Gasteiger partial charge is 0.170 e. The van der Waals surface area contributed by atoms with Gasteiger partial charge in [0.2, 0.25) is 0 Å². The molecule has 2 N–H and O–H groups in total. The Kier molecular flexibility index (Phi) is 4.01. The van der Waals surface area contributed by atoms with Crippen LogP contribution >= 0.6 is 11.6 Å². The number of hydrogen-bond acceptors (Lipinski definition) is 4. The first-order chi connectivity index (χ1) is 7.75. The highest BCUT2D eigenvalue weighted by atomic mass is 35.5. The second-order valence-corrected chi connectivity index (χ2v) is 4.00. The standard InChI is InChI=1S/C11H14ClNO3/c12-9-5-8(1-2-10(9)14)6-13-7-11-15-3-4-16-11/h1-2,5,11,13-14H,3-4,6-7H2. The molecule has 88 valence electrons. The summed E-state index contributed by atoms with van der Waals surface area (Å²) < 4.78 is 10.6. The van der Waals surface area contributed by atoms with Gasteiger partial charge in [0.15, 0.2) is 6.29 Å². The van der Waals surface area contributed by atoms with Crippen LogP contribution < -0.4 is 5.32 Å². The van der Waals surface area contributed by atoms with Gasteiger partial charge in [-0.25, -0.2) is 0 Å². The molecule has 2 rings (SSSR count). The van der Waals surface area contributed by atoms with Crippen molar-refractivity contribution in [2.24, 2.45) is 0 Å². The molecule has 0 unspecified atom stereocenters. The molecule has 0 radical (unpaired) electrons. The SMILES string of the molecule is Oc1ccc(CNCC2OCCO2)cc1Cl. The molecule has 1 fully saturated rings. The third-order valence-corrected chi connectivity index (χ3v) is 2.65. The van der Waals surface area contributed by atoms with E-state index >= 15 is 0 Å². The molecule has 0 aromatic heterocycles. The lowest BCUT2D eigenvalue weighted by molar-refractivity contribution is -0.0392. The molecule has 1 aromatic rings. The zero-order chi connectivity index (χ0) is 11.4. The average molecular weight is 244 g/mol. The lowest BCUT2D eigenvalue weighted by Crippen LogP contribution is -2.27. The van der Waals surface area contributed by atoms with Crippen molar-refractivity contribution in [1.29, 1.82) is 0 Å². The van der Waals surface area contributed by atoms with Crippen LogP contribution in [-0.4, -0.2) is 31.2 Å². The number of phenols is 1. The average Bonchev–Trinajstić information content (AvgIpc) is 2.76. The summed E-state index contributed by atoms with van der Waals surface area (Å²) in [6.45, 7) is 2.65. The van der Waals surface area contributed by atoms with Crippen molar-refractivity contribution in [3.05, 3.63) is 28.8 Å². The van der Waals surface area contributed by atoms with Crippen molar-refractivity contribution in [3.63, 3.8) is 0 Å². The lowest BCUT2D eigenvalue weighted by atomic mass is 10.2. The van der Waals surface area contributed by atoms with E-state index in [0.29, 0.717) is 31.3 Å². The van der Waals surface area contributed by atoms with Crippen molar-refractivity contribution >= 4 is 11.6 Å². The van der Waals surface area contributed by atoms with Crippen molar-refractivity contribution in [1.82, 2.24) is 5.32 Å². The van der Waals surface area contributed by atoms with E-state index in [1.165, 1.54) is 0 Å². The minimum absolute atomic E-state index is 0.105. The minimum atomic E-state index is -0.146. The quantitative estimate of drug-likeness (QED) is 0.842. The Hall–Kier alpha value is -0.810. The molecule has 0 amide bonds. The fourth-order valence-corrected chi connectivity index (χ4v) is 1.72. The molecule has 0 atom stereocenters. The largest absolute Gasteiger partial charge is 0.506 e. The molecule has 0 saturated carbocycles. The second kappa shape index (κ2) is 5.50. The van der Waals surface area contributed by atoms with Gasteiger partial charge in [-0.15, -0.1) is 0 Å². The van der Waals surface area contributed by atoms with E-state index in [-0.39, 0.29) is 12.0 Å². The third-order valence-electron chi connectivity index (χ3n) is 2.34. The molecule has 0 spiro atoms. The van der Waals surface area contributed by atoms with Crippen molar-refractivity contribution < 1.29 is 14.6 Å². The Balaban J connectivity index is 1.78. The Bertz CT molecular complexity index is 353. The molecule has 1 saturated heterocycles. The summed E-state index contributed by atoms with van der Waals surface area (Å²) in [5.74, 6) is 0.105. The highest BCUT2D eigenvalue weighted by molar-refractivity contribution is 6.32. The number of ether oxygens (including phenoxy) is 2. The molecule has 1 aromatic carbocycles. The van der Waals surface area contributed by atoms with Gasteiger partial charge in [-0.3, -0.25) is 0 Å². The van der Waals surface area contributed by atoms with Gasteiger partial charge in [-0.05, 0) is 17.7 Å². The number of rotatable bonds is 4. The summed E-state index contributed by atoms with van der Waals surface area (Å²) >= 11 is 5.79. The second-order valence-electron chi connectivity index (χ2n) is 3.59. The van der Waals surface area contributed by atoms with Crippen LogP contribution in [0.2, 0.25) is 5.02 Å². The van der Waals surface area contributed by atoms with Crippen LogP contribution in [-0.2, 0) is 16.0 Å². The molecular formula is C11H14ClNO3. The van der Waals surface area contributed by atoms with Gasteiger partial charge in [0, 0.05) is 13.1 Å². The zero-order valence-electron chi connectivity index (χ0n) is 8.78. The predicted molar refractivity (Wildman–Crippen MR) is 60.5 cm³/mol. The number of hydrogen-bond donors (Lipinski definition) is 2. The van der Waals surface area contributed by atoms with Crippen molar-refractivity contribution in [2.45, 2.75) is 12.8 Å². The van der Waals surface area contributed by atoms with E-state index in [1.54, 1.807) is 12.1 Å². The molecule has 0 aliphatic carbocycles. The number of aromatic hydroxyl groups is 1. The third kappa shape index (κ3) is 3.09. The summed E-state index contributed by atoms with van der Waals surface area (Å²) in [6.07, 6.45) is -0.146. The number of benzene rings is 1. The fourth-order valence-electron chi connectivity index (χ4n) is 1.52. The van der Waals surface area contributed by atoms with Crippen LogP contribution in [0.3, 0.4) is 0 Å². The molecule has 5 heteroatoms. The first kappa shape index (κ1) is 11.7. The topological polar surface area (TPSA) is 50.7 Å². The Morgan fingerprint density at radius 3 is 2.81 bits per heavy atom. The van der Waals surface area contributed by atoms with Crippen LogP contribution in [0.25, 0.3) is 0 Å². The van der Waals surface area contributed by atoms with Crippen LogP contribution in [0.4, 0.5) is 0 Å². The van der Waals surface area contributed by atoms with Gasteiger partial charge >= 0.3 is 0 Å². The van der Waals surface area contributed by atoms with Crippen LogP contribution in [0.1, 0.15) is 5.56 Å². The minimum Gasteiger partial charge on any atom is -0.506 e. The van der Waals surface area contributed by atoms with E-state index in [4.69, 9.17) is 21.1 Å². The van der Waals surface area contributed by atoms with Crippen LogP contribution in [0, 0.1) is 0 Å². The molecule has 4 nitrogen and oxygen atoms in total. The molecule has 1 heterocycles. The van der Waals surface area contributed by atoms with Gasteiger partial charge in [0.05, 0.1) is 18.2 Å². The summed E-state index contributed by atoms with van der Waals surface area (Å²) in [7, 11) is 0. The first-order valence-electron chi connectivity index (χ1n) is 5.17. The Labute approximate surface area is 99.1 Å². The first-order valence-corrected chi connectivity index (χ1v) is 5.55. The lowest BCUT2D eigenvalue weighted by Gasteiger charge is -2.10. The Morgan fingerprint density at radius 2 is 2.12 bits per heavy atom. The zero-order valence-corrected chi connectivity index (χ0v) is 9.54. The van der Waals surface area contributed by atoms with Crippen molar-refractivity contribution in [3.8, 4) is 5.75 Å². The van der Waals surface area contributed by atoms with Crippen molar-refractivity contribution in [2.75, 3.05) is 19.8 Å². The molecule has 0 bridgehead atoms. The molecule has 1 aliphatic rings. The monoisotopic (exact) mass is 243 g/mol. The van der Waals surface area contributed by atoms with E-state index < -0.39 is 0 Å². The molecule has 1 aliphatic heterocycles. The summed E-state index contributed by atoms with van der Waals surface area (Å²) in [5.41, 5.74) is 1.01. The predicted octanol–water partition coefficient (Wildman–Crippen LogP) is 1.51. The summed E-state index contributed by atoms with van der Waals surface area (Å²) in [6, 6.07) is 5.15. The maximum absolute atomic E-state index is 9.25. The van der Waals surface area contributed by atoms with E-state index in [9.17, 15) is 5.11 Å². The fraction of sp³-hybridized carbons (Fsp3) is 0.455. The Morgan fingerprint density at radius 1 is 1.38 bits per heavy atom. The number of nitrogens with one attached hydrogen (secondary N) is 1. The van der Waals surface area contributed by atoms with Crippen LogP contribution in [0.5, 0.6) is 5.75 Å². The van der Waals surface area contributed by atoms with Gasteiger partial charge < -0.3 is 19.9 Å². The summed E-state index contributed by atoms with van der Waals surface area (Å²) in [4.78, 5) is 0. The van der Waals surface area contributed by atoms with E-state index in [0.717, 1.165) is 5.56 Å². The van der Waals surface area contributed by atoms with Gasteiger partial charge in [-0.2, -0.15) is 0 Å². The maximum Gasteiger partial charge on any atom is 0.170 e. The number of phenolic OH excluding ortho intramolecular Hbond substituents is 1. The molecule has 16 heavy (non-hydrogen) atoms. The van der Waals surface area contributed by atoms with Gasteiger partial charge in [-0.1, -0.05) is 17.7 Å². The van der Waals surface area contributed by atoms with Gasteiger partial charge in [0.25, 0.3) is 0 Å². The maximum atomic E-state index is 9.25. The number of halogens is 1. The summed E-state index contributed by atoms with van der Waals surface area (Å²) in [5, 5.41) is 12.8. The van der Waals surface area contributed by atoms with Gasteiger partial charge in [0.1, 0.15) is 5.75 Å². The highest BCUT2D eigenvalue weighted by Crippen LogP contribution is 2.23. The van der Waals surface area contributed by atoms with E-state index in [2.05, 4.69) is 5.32 Å². The highest BCUT2D eigenvalue weighted by Gasteiger charge is 2.14. The molecular weight excluding hydrogens is 230 g/mol. The van der Waals surface area contributed by atoms with E-state index in [1.807, 2.05) is 6.07 Å². The van der Waals surface area contributed by atoms with Crippen LogP contribution in [0.15, 0.2) is 18.2 Å². The normalized spacial score (nSPS) is 16.8.